The molecule has 2 aromatic rings. The van der Waals surface area contributed by atoms with Crippen LogP contribution in [0.4, 0.5) is 0 Å². The molecule has 0 aliphatic carbocycles. The van der Waals surface area contributed by atoms with Gasteiger partial charge in [0, 0.05) is 29.9 Å². The Labute approximate surface area is 119 Å². The van der Waals surface area contributed by atoms with E-state index in [4.69, 9.17) is 0 Å². The second-order valence-corrected chi connectivity index (χ2v) is 5.87. The Hall–Kier alpha value is -1.26. The van der Waals surface area contributed by atoms with Crippen LogP contribution in [0.1, 0.15) is 24.1 Å². The van der Waals surface area contributed by atoms with Crippen molar-refractivity contribution in [3.05, 3.63) is 47.8 Å². The summed E-state index contributed by atoms with van der Waals surface area (Å²) in [6.07, 6.45) is 5.09. The number of nitrogens with one attached hydrogen (secondary N) is 1. The summed E-state index contributed by atoms with van der Waals surface area (Å²) in [6.45, 7) is 2.18. The van der Waals surface area contributed by atoms with Crippen molar-refractivity contribution in [2.24, 2.45) is 7.05 Å². The lowest BCUT2D eigenvalue weighted by Crippen LogP contribution is -2.12. The molecule has 1 unspecified atom stereocenters. The summed E-state index contributed by atoms with van der Waals surface area (Å²) in [4.78, 5) is 1.34. The van der Waals surface area contributed by atoms with Gasteiger partial charge in [-0.2, -0.15) is 5.10 Å². The molecule has 19 heavy (non-hydrogen) atoms. The van der Waals surface area contributed by atoms with E-state index in [1.165, 1.54) is 16.0 Å². The van der Waals surface area contributed by atoms with E-state index in [1.54, 1.807) is 0 Å². The molecule has 1 N–H and O–H groups in total. The molecular formula is C15H21N3S. The molecule has 1 aromatic carbocycles. The second kappa shape index (κ2) is 6.78. The van der Waals surface area contributed by atoms with E-state index >= 15 is 0 Å². The Morgan fingerprint density at radius 3 is 2.95 bits per heavy atom. The average Bonchev–Trinajstić information content (AvgIpc) is 2.84. The summed E-state index contributed by atoms with van der Waals surface area (Å²) in [5.41, 5.74) is 2.64. The zero-order valence-corrected chi connectivity index (χ0v) is 12.6. The first-order valence-corrected chi connectivity index (χ1v) is 7.55. The first-order valence-electron chi connectivity index (χ1n) is 6.56. The van der Waals surface area contributed by atoms with Gasteiger partial charge in [0.15, 0.2) is 0 Å². The molecular weight excluding hydrogens is 254 g/mol. The van der Waals surface area contributed by atoms with Crippen LogP contribution in [-0.2, 0) is 13.5 Å². The lowest BCUT2D eigenvalue weighted by Gasteiger charge is -2.11. The first kappa shape index (κ1) is 14.2. The van der Waals surface area contributed by atoms with Crippen molar-refractivity contribution in [1.82, 2.24) is 15.1 Å². The van der Waals surface area contributed by atoms with Crippen LogP contribution < -0.4 is 5.32 Å². The van der Waals surface area contributed by atoms with Gasteiger partial charge in [0.25, 0.3) is 0 Å². The summed E-state index contributed by atoms with van der Waals surface area (Å²) < 4.78 is 1.86. The Kier molecular flexibility index (Phi) is 5.05. The van der Waals surface area contributed by atoms with Gasteiger partial charge in [0.1, 0.15) is 0 Å². The van der Waals surface area contributed by atoms with Crippen molar-refractivity contribution in [1.29, 1.82) is 0 Å². The molecule has 3 nitrogen and oxygen atoms in total. The number of nitrogens with zero attached hydrogens (tertiary/aromatic N) is 2. The molecule has 0 radical (unpaired) electrons. The quantitative estimate of drug-likeness (QED) is 0.822. The molecule has 0 spiro atoms. The van der Waals surface area contributed by atoms with Crippen molar-refractivity contribution in [2.75, 3.05) is 12.8 Å². The van der Waals surface area contributed by atoms with Crippen molar-refractivity contribution >= 4 is 11.8 Å². The highest BCUT2D eigenvalue weighted by molar-refractivity contribution is 7.99. The number of benzene rings is 1. The molecule has 0 amide bonds. The lowest BCUT2D eigenvalue weighted by molar-refractivity contribution is 0.651. The molecule has 2 rings (SSSR count). The minimum Gasteiger partial charge on any atom is -0.313 e. The standard InChI is InChI=1S/C15H21N3S/c1-12(16-2)14-5-4-6-15(9-14)19-8-7-13-10-17-18(3)11-13/h4-6,9-12,16H,7-8H2,1-3H3. The Balaban J connectivity index is 1.89. The van der Waals surface area contributed by atoms with Crippen molar-refractivity contribution < 1.29 is 0 Å². The summed E-state index contributed by atoms with van der Waals surface area (Å²) in [5.74, 6) is 1.09. The smallest absolute Gasteiger partial charge is 0.0521 e. The van der Waals surface area contributed by atoms with Gasteiger partial charge in [-0.3, -0.25) is 4.68 Å². The fourth-order valence-electron chi connectivity index (χ4n) is 1.93. The van der Waals surface area contributed by atoms with Crippen LogP contribution in [0.3, 0.4) is 0 Å². The maximum absolute atomic E-state index is 4.19. The topological polar surface area (TPSA) is 29.9 Å². The van der Waals surface area contributed by atoms with Crippen LogP contribution >= 0.6 is 11.8 Å². The fraction of sp³-hybridized carbons (Fsp3) is 0.400. The monoisotopic (exact) mass is 275 g/mol. The van der Waals surface area contributed by atoms with Gasteiger partial charge in [-0.25, -0.2) is 0 Å². The van der Waals surface area contributed by atoms with Crippen molar-refractivity contribution in [3.63, 3.8) is 0 Å². The van der Waals surface area contributed by atoms with Crippen LogP contribution in [0.25, 0.3) is 0 Å². The highest BCUT2D eigenvalue weighted by Gasteiger charge is 2.03. The Morgan fingerprint density at radius 2 is 2.26 bits per heavy atom. The largest absolute Gasteiger partial charge is 0.313 e. The number of rotatable bonds is 6. The van der Waals surface area contributed by atoms with Crippen LogP contribution in [-0.4, -0.2) is 22.6 Å². The van der Waals surface area contributed by atoms with Gasteiger partial charge in [0.05, 0.1) is 6.20 Å². The average molecular weight is 275 g/mol. The van der Waals surface area contributed by atoms with E-state index in [0.717, 1.165) is 12.2 Å². The summed E-state index contributed by atoms with van der Waals surface area (Å²) >= 11 is 1.90. The number of thioether (sulfide) groups is 1. The SMILES string of the molecule is CNC(C)c1cccc(SCCc2cnn(C)c2)c1. The lowest BCUT2D eigenvalue weighted by atomic mass is 10.1. The maximum Gasteiger partial charge on any atom is 0.0521 e. The minimum absolute atomic E-state index is 0.402. The van der Waals surface area contributed by atoms with Crippen LogP contribution in [0.5, 0.6) is 0 Å². The van der Waals surface area contributed by atoms with Crippen LogP contribution in [0.15, 0.2) is 41.6 Å². The van der Waals surface area contributed by atoms with Gasteiger partial charge in [-0.15, -0.1) is 11.8 Å². The molecule has 0 bridgehead atoms. The number of hydrogen-bond acceptors (Lipinski definition) is 3. The van der Waals surface area contributed by atoms with E-state index in [2.05, 4.69) is 47.8 Å². The van der Waals surface area contributed by atoms with E-state index in [-0.39, 0.29) is 0 Å². The number of aromatic nitrogens is 2. The zero-order valence-electron chi connectivity index (χ0n) is 11.8. The van der Waals surface area contributed by atoms with Crippen LogP contribution in [0.2, 0.25) is 0 Å². The van der Waals surface area contributed by atoms with Crippen molar-refractivity contribution in [2.45, 2.75) is 24.3 Å². The van der Waals surface area contributed by atoms with Gasteiger partial charge in [-0.05, 0) is 43.7 Å². The second-order valence-electron chi connectivity index (χ2n) is 4.70. The highest BCUT2D eigenvalue weighted by atomic mass is 32.2. The predicted molar refractivity (Wildman–Crippen MR) is 81.6 cm³/mol. The normalized spacial score (nSPS) is 12.6. The summed E-state index contributed by atoms with van der Waals surface area (Å²) in [7, 11) is 3.95. The van der Waals surface area contributed by atoms with Gasteiger partial charge in [0.2, 0.25) is 0 Å². The van der Waals surface area contributed by atoms with Crippen molar-refractivity contribution in [3.8, 4) is 0 Å². The van der Waals surface area contributed by atoms with E-state index in [1.807, 2.05) is 36.7 Å². The maximum atomic E-state index is 4.19. The third-order valence-electron chi connectivity index (χ3n) is 3.21. The van der Waals surface area contributed by atoms with Crippen LogP contribution in [0, 0.1) is 0 Å². The van der Waals surface area contributed by atoms with Gasteiger partial charge in [-0.1, -0.05) is 12.1 Å². The molecule has 1 heterocycles. The summed E-state index contributed by atoms with van der Waals surface area (Å²) in [5, 5.41) is 7.46. The molecule has 0 saturated carbocycles. The summed E-state index contributed by atoms with van der Waals surface area (Å²) in [6, 6.07) is 9.16. The molecule has 1 atom stereocenters. The number of aryl methyl sites for hydroxylation is 2. The van der Waals surface area contributed by atoms with E-state index in [9.17, 15) is 0 Å². The predicted octanol–water partition coefficient (Wildman–Crippen LogP) is 3.04. The van der Waals surface area contributed by atoms with E-state index < -0.39 is 0 Å². The first-order chi connectivity index (χ1) is 9.19. The fourth-order valence-corrected chi connectivity index (χ4v) is 2.90. The molecule has 0 aliphatic rings. The zero-order chi connectivity index (χ0) is 13.7. The third-order valence-corrected chi connectivity index (χ3v) is 4.20. The molecule has 0 fully saturated rings. The molecule has 4 heteroatoms. The number of hydrogen-bond donors (Lipinski definition) is 1. The Bertz CT molecular complexity index is 522. The Morgan fingerprint density at radius 1 is 1.42 bits per heavy atom. The molecule has 0 saturated heterocycles. The van der Waals surface area contributed by atoms with Gasteiger partial charge >= 0.3 is 0 Å². The third kappa shape index (κ3) is 4.11. The minimum atomic E-state index is 0.402. The molecule has 0 aliphatic heterocycles. The van der Waals surface area contributed by atoms with E-state index in [0.29, 0.717) is 6.04 Å². The highest BCUT2D eigenvalue weighted by Crippen LogP contribution is 2.23. The molecule has 1 aromatic heterocycles. The molecule has 102 valence electrons. The van der Waals surface area contributed by atoms with Gasteiger partial charge < -0.3 is 5.32 Å².